The zero-order valence-corrected chi connectivity index (χ0v) is 20.3. The molecule has 0 fully saturated rings. The summed E-state index contributed by atoms with van der Waals surface area (Å²) in [6.45, 7) is 6.37. The fourth-order valence-electron chi connectivity index (χ4n) is 4.27. The number of fused-ring (bicyclic) bond motifs is 3. The lowest BCUT2D eigenvalue weighted by Gasteiger charge is -2.29. The number of nitrogens with two attached hydrogens (primary N) is 1. The molecule has 4 rings (SSSR count). The van der Waals surface area contributed by atoms with Crippen LogP contribution in [0.25, 0.3) is 22.3 Å². The van der Waals surface area contributed by atoms with Gasteiger partial charge in [-0.25, -0.2) is 0 Å². The maximum atomic E-state index is 14.4. The highest BCUT2D eigenvalue weighted by atomic mass is 19.4. The molecule has 0 saturated heterocycles. The monoisotopic (exact) mass is 519 g/mol. The number of aliphatic hydroxyl groups is 2. The third-order valence-electron chi connectivity index (χ3n) is 6.55. The second kappa shape index (κ2) is 9.18. The molecule has 1 heterocycles. The summed E-state index contributed by atoms with van der Waals surface area (Å²) < 4.78 is 50.4. The van der Waals surface area contributed by atoms with Gasteiger partial charge in [-0.05, 0) is 56.5 Å². The number of carbonyl (C=O) groups is 1. The van der Waals surface area contributed by atoms with E-state index in [9.17, 15) is 28.2 Å². The summed E-state index contributed by atoms with van der Waals surface area (Å²) in [4.78, 5) is 11.9. The molecule has 200 valence electrons. The number of primary amides is 1. The van der Waals surface area contributed by atoms with Gasteiger partial charge in [0.25, 0.3) is 0 Å². The van der Waals surface area contributed by atoms with Crippen LogP contribution in [-0.2, 0) is 15.9 Å². The van der Waals surface area contributed by atoms with Crippen LogP contribution >= 0.6 is 0 Å². The molecule has 7 nitrogen and oxygen atoms in total. The molecule has 1 aromatic heterocycles. The van der Waals surface area contributed by atoms with Crippen molar-refractivity contribution in [3.05, 3.63) is 59.9 Å². The Morgan fingerprint density at radius 3 is 2.35 bits per heavy atom. The van der Waals surface area contributed by atoms with Crippen molar-refractivity contribution in [2.24, 2.45) is 5.73 Å². The minimum Gasteiger partial charge on any atom is -0.493 e. The number of nitrogens with zero attached hydrogens (tertiary/aromatic N) is 2. The van der Waals surface area contributed by atoms with Crippen LogP contribution in [0.5, 0.6) is 5.75 Å². The van der Waals surface area contributed by atoms with Gasteiger partial charge in [-0.2, -0.15) is 18.3 Å². The number of rotatable bonds is 7. The lowest BCUT2D eigenvalue weighted by atomic mass is 9.89. The maximum absolute atomic E-state index is 14.4. The molecule has 2 aromatic carbocycles. The molecule has 0 unspecified atom stereocenters. The molecule has 0 spiro atoms. The Kier molecular flexibility index (Phi) is 7.00. The van der Waals surface area contributed by atoms with E-state index in [0.717, 1.165) is 0 Å². The lowest BCUT2D eigenvalue weighted by Crippen LogP contribution is -2.41. The zero-order valence-electron chi connectivity index (χ0n) is 20.3. The summed E-state index contributed by atoms with van der Waals surface area (Å²) in [6.07, 6.45) is -1.84. The summed E-state index contributed by atoms with van der Waals surface area (Å²) in [7, 11) is 0. The minimum absolute atomic E-state index is 0. The summed E-state index contributed by atoms with van der Waals surface area (Å²) in [5.74, 6) is -0.548. The van der Waals surface area contributed by atoms with Crippen molar-refractivity contribution in [1.29, 1.82) is 0 Å². The van der Waals surface area contributed by atoms with E-state index < -0.39 is 28.8 Å². The number of hydrogen-bond donors (Lipinski definition) is 3. The fourth-order valence-corrected chi connectivity index (χ4v) is 4.27. The molecule has 0 radical (unpaired) electrons. The lowest BCUT2D eigenvalue weighted by molar-refractivity contribution is -0.246. The number of halogens is 3. The molecular formula is C27H32F3N3O4. The highest BCUT2D eigenvalue weighted by molar-refractivity contribution is 5.93. The molecule has 37 heavy (non-hydrogen) atoms. The molecule has 0 saturated carbocycles. The van der Waals surface area contributed by atoms with Crippen molar-refractivity contribution >= 4 is 5.91 Å². The Bertz CT molecular complexity index is 1330. The maximum Gasteiger partial charge on any atom is 0.425 e. The fraction of sp³-hybridized carbons (Fsp3) is 0.407. The van der Waals surface area contributed by atoms with Gasteiger partial charge in [0.05, 0.1) is 18.4 Å². The van der Waals surface area contributed by atoms with Crippen LogP contribution in [0, 0.1) is 0 Å². The summed E-state index contributed by atoms with van der Waals surface area (Å²) in [5, 5.41) is 25.4. The molecular weight excluding hydrogens is 487 g/mol. The Labute approximate surface area is 213 Å². The first-order chi connectivity index (χ1) is 16.6. The molecule has 1 atom stereocenters. The average molecular weight is 520 g/mol. The van der Waals surface area contributed by atoms with Gasteiger partial charge in [-0.1, -0.05) is 31.7 Å². The van der Waals surface area contributed by atoms with E-state index in [-0.39, 0.29) is 48.5 Å². The molecule has 0 bridgehead atoms. The number of alkyl halides is 3. The van der Waals surface area contributed by atoms with Crippen LogP contribution in [0.15, 0.2) is 48.8 Å². The Hall–Kier alpha value is -3.37. The first-order valence-corrected chi connectivity index (χ1v) is 11.4. The van der Waals surface area contributed by atoms with E-state index in [2.05, 4.69) is 5.10 Å². The number of benzene rings is 2. The van der Waals surface area contributed by atoms with E-state index in [1.165, 1.54) is 41.3 Å². The van der Waals surface area contributed by atoms with Crippen molar-refractivity contribution in [2.45, 2.75) is 64.5 Å². The van der Waals surface area contributed by atoms with Crippen LogP contribution in [0.4, 0.5) is 13.2 Å². The smallest absolute Gasteiger partial charge is 0.425 e. The van der Waals surface area contributed by atoms with E-state index in [4.69, 9.17) is 10.5 Å². The summed E-state index contributed by atoms with van der Waals surface area (Å²) >= 11 is 0. The SMILES string of the molecule is C.CC(C)(O)CCOc1cc(-c2cnn(C(C)(C)C(N)=O)c2)c2c(c1)[C@@](O)(C(F)(F)F)c1ccccc1-2. The van der Waals surface area contributed by atoms with E-state index in [1.54, 1.807) is 39.8 Å². The largest absolute Gasteiger partial charge is 0.493 e. The van der Waals surface area contributed by atoms with Gasteiger partial charge in [-0.15, -0.1) is 0 Å². The number of amides is 1. The molecule has 1 aliphatic rings. The van der Waals surface area contributed by atoms with Crippen LogP contribution in [0.3, 0.4) is 0 Å². The topological polar surface area (TPSA) is 111 Å². The average Bonchev–Trinajstić information content (AvgIpc) is 3.36. The highest BCUT2D eigenvalue weighted by Gasteiger charge is 2.61. The van der Waals surface area contributed by atoms with Gasteiger partial charge in [-0.3, -0.25) is 9.48 Å². The van der Waals surface area contributed by atoms with E-state index in [0.29, 0.717) is 11.1 Å². The van der Waals surface area contributed by atoms with Crippen LogP contribution in [0.1, 0.15) is 52.7 Å². The number of hydrogen-bond acceptors (Lipinski definition) is 5. The number of ether oxygens (including phenoxy) is 1. The number of carbonyl (C=O) groups excluding carboxylic acids is 1. The predicted molar refractivity (Wildman–Crippen MR) is 134 cm³/mol. The van der Waals surface area contributed by atoms with Gasteiger partial charge in [0, 0.05) is 29.3 Å². The van der Waals surface area contributed by atoms with Crippen molar-refractivity contribution in [1.82, 2.24) is 9.78 Å². The first-order valence-electron chi connectivity index (χ1n) is 11.4. The third-order valence-corrected chi connectivity index (χ3v) is 6.55. The van der Waals surface area contributed by atoms with Crippen LogP contribution in [0.2, 0.25) is 0 Å². The normalized spacial score (nSPS) is 17.1. The zero-order chi connectivity index (χ0) is 26.7. The van der Waals surface area contributed by atoms with Crippen molar-refractivity contribution in [3.8, 4) is 28.0 Å². The first kappa shape index (κ1) is 28.2. The van der Waals surface area contributed by atoms with E-state index in [1.807, 2.05) is 0 Å². The van der Waals surface area contributed by atoms with Crippen molar-refractivity contribution < 1.29 is 32.9 Å². The Morgan fingerprint density at radius 2 is 1.76 bits per heavy atom. The number of aromatic nitrogens is 2. The molecule has 0 aliphatic heterocycles. The second-order valence-electron chi connectivity index (χ2n) is 10.2. The molecule has 4 N–H and O–H groups in total. The standard InChI is InChI=1S/C26H28F3N3O4.CH4/c1-23(2,34)9-10-36-16-11-18(15-13-31-32(14-15)24(3,4)22(30)33)21-17-7-5-6-8-19(17)25(35,20(21)12-16)26(27,28)29;/h5-8,11-14,34-35H,9-10H2,1-4H3,(H2,30,33);1H4/t25-;/m1./s1. The Morgan fingerprint density at radius 1 is 1.11 bits per heavy atom. The third kappa shape index (κ3) is 4.71. The van der Waals surface area contributed by atoms with Gasteiger partial charge >= 0.3 is 6.18 Å². The van der Waals surface area contributed by atoms with Gasteiger partial charge in [0.2, 0.25) is 11.5 Å². The highest BCUT2D eigenvalue weighted by Crippen LogP contribution is 2.58. The summed E-state index contributed by atoms with van der Waals surface area (Å²) in [5.41, 5.74) is 0.538. The van der Waals surface area contributed by atoms with Gasteiger partial charge in [0.1, 0.15) is 11.3 Å². The quantitative estimate of drug-likeness (QED) is 0.418. The Balaban J connectivity index is 0.00000380. The van der Waals surface area contributed by atoms with Gasteiger partial charge < -0.3 is 20.7 Å². The molecule has 1 aliphatic carbocycles. The van der Waals surface area contributed by atoms with Crippen molar-refractivity contribution in [3.63, 3.8) is 0 Å². The minimum atomic E-state index is -5.02. The van der Waals surface area contributed by atoms with Crippen LogP contribution < -0.4 is 10.5 Å². The van der Waals surface area contributed by atoms with Crippen molar-refractivity contribution in [2.75, 3.05) is 6.61 Å². The summed E-state index contributed by atoms with van der Waals surface area (Å²) in [6, 6.07) is 8.57. The molecule has 1 amide bonds. The molecule has 3 aromatic rings. The van der Waals surface area contributed by atoms with Gasteiger partial charge in [0.15, 0.2) is 0 Å². The van der Waals surface area contributed by atoms with Crippen LogP contribution in [-0.4, -0.2) is 44.3 Å². The predicted octanol–water partition coefficient (Wildman–Crippen LogP) is 4.73. The molecule has 10 heteroatoms. The second-order valence-corrected chi connectivity index (χ2v) is 10.2. The van der Waals surface area contributed by atoms with E-state index >= 15 is 0 Å².